The number of nitrogens with one attached hydrogen (secondary N) is 1. The van der Waals surface area contributed by atoms with Crippen LogP contribution in [0, 0.1) is 0 Å². The van der Waals surface area contributed by atoms with Crippen LogP contribution < -0.4 is 14.8 Å². The van der Waals surface area contributed by atoms with Gasteiger partial charge >= 0.3 is 0 Å². The molecule has 0 spiro atoms. The van der Waals surface area contributed by atoms with Gasteiger partial charge in [-0.2, -0.15) is 0 Å². The molecular weight excluding hydrogens is 316 g/mol. The number of fused-ring (bicyclic) bond motifs is 1. The number of benzene rings is 2. The van der Waals surface area contributed by atoms with Crippen molar-refractivity contribution in [3.05, 3.63) is 78.1 Å². The van der Waals surface area contributed by atoms with E-state index in [4.69, 9.17) is 9.47 Å². The molecule has 0 bridgehead atoms. The summed E-state index contributed by atoms with van der Waals surface area (Å²) in [5.74, 6) is 1.38. The van der Waals surface area contributed by atoms with Crippen LogP contribution in [0.1, 0.15) is 15.9 Å². The third-order valence-corrected chi connectivity index (χ3v) is 4.09. The highest BCUT2D eigenvalue weighted by atomic mass is 16.6. The fourth-order valence-electron chi connectivity index (χ4n) is 2.77. The number of aromatic nitrogens is 1. The fraction of sp³-hybridized carbons (Fsp3) is 0.150. The van der Waals surface area contributed by atoms with Crippen molar-refractivity contribution < 1.29 is 14.3 Å². The second-order valence-electron chi connectivity index (χ2n) is 5.80. The van der Waals surface area contributed by atoms with Gasteiger partial charge in [0.05, 0.1) is 0 Å². The average molecular weight is 334 g/mol. The van der Waals surface area contributed by atoms with Crippen LogP contribution in [-0.2, 0) is 6.54 Å². The molecule has 0 fully saturated rings. The molecule has 2 aromatic carbocycles. The summed E-state index contributed by atoms with van der Waals surface area (Å²) >= 11 is 0. The van der Waals surface area contributed by atoms with Gasteiger partial charge < -0.3 is 19.4 Å². The molecule has 1 aliphatic heterocycles. The Balaban J connectivity index is 1.40. The lowest BCUT2D eigenvalue weighted by atomic mass is 10.1. The maximum absolute atomic E-state index is 12.3. The van der Waals surface area contributed by atoms with E-state index in [9.17, 15) is 4.79 Å². The molecular formula is C20H18N2O3. The Morgan fingerprint density at radius 1 is 0.960 bits per heavy atom. The quantitative estimate of drug-likeness (QED) is 0.797. The van der Waals surface area contributed by atoms with Gasteiger partial charge in [0.15, 0.2) is 11.5 Å². The minimum absolute atomic E-state index is 0.103. The number of nitrogens with zero attached hydrogens (tertiary/aromatic N) is 1. The van der Waals surface area contributed by atoms with Crippen molar-refractivity contribution in [2.75, 3.05) is 13.2 Å². The van der Waals surface area contributed by atoms with E-state index in [-0.39, 0.29) is 5.91 Å². The lowest BCUT2D eigenvalue weighted by Gasteiger charge is -2.19. The summed E-state index contributed by atoms with van der Waals surface area (Å²) in [4.78, 5) is 12.3. The van der Waals surface area contributed by atoms with Crippen molar-refractivity contribution in [3.8, 4) is 17.2 Å². The van der Waals surface area contributed by atoms with Crippen LogP contribution in [0.25, 0.3) is 5.69 Å². The van der Waals surface area contributed by atoms with Crippen molar-refractivity contribution in [1.29, 1.82) is 0 Å². The first-order valence-corrected chi connectivity index (χ1v) is 8.20. The number of ether oxygens (including phenoxy) is 2. The Morgan fingerprint density at radius 2 is 1.68 bits per heavy atom. The summed E-state index contributed by atoms with van der Waals surface area (Å²) < 4.78 is 13.1. The Hall–Kier alpha value is -3.21. The van der Waals surface area contributed by atoms with Crippen molar-refractivity contribution in [3.63, 3.8) is 0 Å². The molecule has 1 aromatic heterocycles. The molecule has 5 heteroatoms. The zero-order valence-electron chi connectivity index (χ0n) is 13.6. The Kier molecular flexibility index (Phi) is 4.12. The van der Waals surface area contributed by atoms with E-state index in [1.54, 1.807) is 0 Å². The van der Waals surface area contributed by atoms with Gasteiger partial charge in [-0.3, -0.25) is 4.79 Å². The molecule has 25 heavy (non-hydrogen) atoms. The minimum atomic E-state index is -0.103. The molecule has 0 unspecified atom stereocenters. The summed E-state index contributed by atoms with van der Waals surface area (Å²) in [7, 11) is 0. The van der Waals surface area contributed by atoms with Gasteiger partial charge in [-0.25, -0.2) is 0 Å². The second kappa shape index (κ2) is 6.73. The van der Waals surface area contributed by atoms with Crippen LogP contribution in [0.3, 0.4) is 0 Å². The predicted molar refractivity (Wildman–Crippen MR) is 94.4 cm³/mol. The smallest absolute Gasteiger partial charge is 0.251 e. The zero-order valence-corrected chi connectivity index (χ0v) is 13.6. The summed E-state index contributed by atoms with van der Waals surface area (Å²) in [6, 6.07) is 17.2. The first kappa shape index (κ1) is 15.3. The van der Waals surface area contributed by atoms with E-state index >= 15 is 0 Å². The number of carbonyl (C=O) groups is 1. The summed E-state index contributed by atoms with van der Waals surface area (Å²) in [5, 5.41) is 2.93. The molecule has 0 radical (unpaired) electrons. The van der Waals surface area contributed by atoms with E-state index in [2.05, 4.69) is 5.32 Å². The number of hydrogen-bond donors (Lipinski definition) is 1. The number of amides is 1. The molecule has 5 nitrogen and oxygen atoms in total. The summed E-state index contributed by atoms with van der Waals surface area (Å²) in [6.45, 7) is 1.56. The van der Waals surface area contributed by atoms with E-state index in [1.807, 2.05) is 71.6 Å². The van der Waals surface area contributed by atoms with Crippen LogP contribution in [-0.4, -0.2) is 23.7 Å². The molecule has 1 aliphatic rings. The van der Waals surface area contributed by atoms with Gasteiger partial charge in [0, 0.05) is 30.2 Å². The van der Waals surface area contributed by atoms with Gasteiger partial charge in [0.2, 0.25) is 0 Å². The Bertz CT molecular complexity index is 870. The molecule has 1 amide bonds. The number of carbonyl (C=O) groups excluding carboxylic acids is 1. The zero-order chi connectivity index (χ0) is 17.1. The number of hydrogen-bond acceptors (Lipinski definition) is 3. The molecule has 1 N–H and O–H groups in total. The van der Waals surface area contributed by atoms with Crippen LogP contribution in [0.5, 0.6) is 11.5 Å². The maximum atomic E-state index is 12.3. The molecule has 2 heterocycles. The molecule has 0 atom stereocenters. The maximum Gasteiger partial charge on any atom is 0.251 e. The standard InChI is InChI=1S/C20H18N2O3/c23-20(16-4-6-17(7-5-16)22-9-1-2-10-22)21-14-15-3-8-18-19(13-15)25-12-11-24-18/h1-10,13H,11-12,14H2,(H,21,23). The molecule has 4 rings (SSSR count). The topological polar surface area (TPSA) is 52.5 Å². The largest absolute Gasteiger partial charge is 0.486 e. The van der Waals surface area contributed by atoms with Gasteiger partial charge in [0.1, 0.15) is 13.2 Å². The van der Waals surface area contributed by atoms with Crippen LogP contribution >= 0.6 is 0 Å². The molecule has 0 saturated carbocycles. The Labute approximate surface area is 145 Å². The minimum Gasteiger partial charge on any atom is -0.486 e. The van der Waals surface area contributed by atoms with E-state index in [1.165, 1.54) is 0 Å². The van der Waals surface area contributed by atoms with Crippen LogP contribution in [0.4, 0.5) is 0 Å². The van der Waals surface area contributed by atoms with Crippen molar-refractivity contribution in [2.24, 2.45) is 0 Å². The first-order chi connectivity index (χ1) is 12.3. The average Bonchev–Trinajstić information content (AvgIpc) is 3.21. The van der Waals surface area contributed by atoms with Gasteiger partial charge in [-0.05, 0) is 54.1 Å². The predicted octanol–water partition coefficient (Wildman–Crippen LogP) is 3.18. The van der Waals surface area contributed by atoms with Gasteiger partial charge in [0.25, 0.3) is 5.91 Å². The Morgan fingerprint density at radius 3 is 2.44 bits per heavy atom. The molecule has 126 valence electrons. The lowest BCUT2D eigenvalue weighted by molar-refractivity contribution is 0.0951. The molecule has 0 aliphatic carbocycles. The number of rotatable bonds is 4. The monoisotopic (exact) mass is 334 g/mol. The first-order valence-electron chi connectivity index (χ1n) is 8.20. The fourth-order valence-corrected chi connectivity index (χ4v) is 2.77. The molecule has 0 saturated heterocycles. The normalized spacial score (nSPS) is 12.6. The highest BCUT2D eigenvalue weighted by Gasteiger charge is 2.12. The highest BCUT2D eigenvalue weighted by molar-refractivity contribution is 5.94. The van der Waals surface area contributed by atoms with Crippen LogP contribution in [0.15, 0.2) is 67.0 Å². The van der Waals surface area contributed by atoms with Crippen molar-refractivity contribution in [1.82, 2.24) is 9.88 Å². The van der Waals surface area contributed by atoms with E-state index in [0.717, 1.165) is 22.7 Å². The third-order valence-electron chi connectivity index (χ3n) is 4.09. The molecule has 3 aromatic rings. The van der Waals surface area contributed by atoms with Gasteiger partial charge in [-0.1, -0.05) is 6.07 Å². The second-order valence-corrected chi connectivity index (χ2v) is 5.80. The summed E-state index contributed by atoms with van der Waals surface area (Å²) in [6.07, 6.45) is 3.94. The van der Waals surface area contributed by atoms with E-state index in [0.29, 0.717) is 25.3 Å². The summed E-state index contributed by atoms with van der Waals surface area (Å²) in [5.41, 5.74) is 2.63. The lowest BCUT2D eigenvalue weighted by Crippen LogP contribution is -2.23. The SMILES string of the molecule is O=C(NCc1ccc2c(c1)OCCO2)c1ccc(-n2cccc2)cc1. The van der Waals surface area contributed by atoms with Crippen LogP contribution in [0.2, 0.25) is 0 Å². The van der Waals surface area contributed by atoms with E-state index < -0.39 is 0 Å². The van der Waals surface area contributed by atoms with Gasteiger partial charge in [-0.15, -0.1) is 0 Å². The highest BCUT2D eigenvalue weighted by Crippen LogP contribution is 2.30. The third kappa shape index (κ3) is 3.35. The van der Waals surface area contributed by atoms with Crippen molar-refractivity contribution in [2.45, 2.75) is 6.54 Å². The van der Waals surface area contributed by atoms with Crippen molar-refractivity contribution >= 4 is 5.91 Å².